The third-order valence-electron chi connectivity index (χ3n) is 5.60. The summed E-state index contributed by atoms with van der Waals surface area (Å²) in [7, 11) is 4.05. The van der Waals surface area contributed by atoms with Gasteiger partial charge in [0.1, 0.15) is 17.5 Å². The maximum Gasteiger partial charge on any atom is 0.142 e. The Morgan fingerprint density at radius 3 is 2.38 bits per heavy atom. The van der Waals surface area contributed by atoms with E-state index >= 15 is 0 Å². The van der Waals surface area contributed by atoms with Gasteiger partial charge in [-0.3, -0.25) is 0 Å². The number of hydrogen-bond acceptors (Lipinski definition) is 4. The van der Waals surface area contributed by atoms with E-state index in [-0.39, 0.29) is 5.41 Å². The van der Waals surface area contributed by atoms with Crippen LogP contribution in [0.4, 0.5) is 11.5 Å². The summed E-state index contributed by atoms with van der Waals surface area (Å²) in [6, 6.07) is 10.7. The Kier molecular flexibility index (Phi) is 4.66. The third kappa shape index (κ3) is 3.26. The Morgan fingerprint density at radius 2 is 1.85 bits per heavy atom. The van der Waals surface area contributed by atoms with Crippen LogP contribution in [0.5, 0.6) is 0 Å². The maximum atomic E-state index is 9.75. The minimum atomic E-state index is 0.234. The summed E-state index contributed by atoms with van der Waals surface area (Å²) in [4.78, 5) is 6.65. The van der Waals surface area contributed by atoms with Crippen LogP contribution in [0.1, 0.15) is 44.0 Å². The smallest absolute Gasteiger partial charge is 0.142 e. The lowest BCUT2D eigenvalue weighted by Crippen LogP contribution is -2.28. The molecule has 136 valence electrons. The lowest BCUT2D eigenvalue weighted by atomic mass is 9.70. The van der Waals surface area contributed by atoms with Gasteiger partial charge >= 0.3 is 0 Å². The summed E-state index contributed by atoms with van der Waals surface area (Å²) in [6.07, 6.45) is 3.00. The molecule has 1 unspecified atom stereocenters. The maximum absolute atomic E-state index is 9.75. The van der Waals surface area contributed by atoms with Gasteiger partial charge < -0.3 is 10.6 Å². The van der Waals surface area contributed by atoms with Gasteiger partial charge in [0.25, 0.3) is 0 Å². The molecular weight excluding hydrogens is 320 g/mol. The van der Waals surface area contributed by atoms with Crippen molar-refractivity contribution in [2.45, 2.75) is 40.0 Å². The summed E-state index contributed by atoms with van der Waals surface area (Å²) in [5, 5.41) is 9.75. The van der Waals surface area contributed by atoms with Gasteiger partial charge in [0.15, 0.2) is 0 Å². The standard InChI is InChI=1S/C22H28N4/c1-22(2,3)15-8-11-19-17(12-15)20(18(13-23)21(24)25-19)14-6-9-16(10-7-14)26(4)5/h6-7,9-10,15H,8,11-12H2,1-5H3,(H2,24,25). The molecule has 0 amide bonds. The Bertz CT molecular complexity index is 852. The minimum Gasteiger partial charge on any atom is -0.383 e. The molecule has 4 heteroatoms. The van der Waals surface area contributed by atoms with Crippen LogP contribution >= 0.6 is 0 Å². The van der Waals surface area contributed by atoms with E-state index in [2.05, 4.69) is 61.0 Å². The molecule has 1 aromatic heterocycles. The lowest BCUT2D eigenvalue weighted by Gasteiger charge is -2.35. The fourth-order valence-corrected chi connectivity index (χ4v) is 3.88. The molecule has 2 aromatic rings. The van der Waals surface area contributed by atoms with Gasteiger partial charge in [0.2, 0.25) is 0 Å². The molecule has 26 heavy (non-hydrogen) atoms. The van der Waals surface area contributed by atoms with E-state index in [9.17, 15) is 5.26 Å². The number of hydrogen-bond donors (Lipinski definition) is 1. The van der Waals surface area contributed by atoms with Gasteiger partial charge in [-0.2, -0.15) is 5.26 Å². The highest BCUT2D eigenvalue weighted by Crippen LogP contribution is 2.42. The molecule has 2 N–H and O–H groups in total. The van der Waals surface area contributed by atoms with E-state index in [1.54, 1.807) is 0 Å². The van der Waals surface area contributed by atoms with Crippen molar-refractivity contribution in [3.8, 4) is 17.2 Å². The number of nitriles is 1. The van der Waals surface area contributed by atoms with Crippen molar-refractivity contribution in [3.05, 3.63) is 41.1 Å². The predicted molar refractivity (Wildman–Crippen MR) is 108 cm³/mol. The number of nitrogen functional groups attached to an aromatic ring is 1. The van der Waals surface area contributed by atoms with E-state index in [1.807, 2.05) is 14.1 Å². The number of aromatic nitrogens is 1. The van der Waals surface area contributed by atoms with Crippen LogP contribution in [-0.4, -0.2) is 19.1 Å². The summed E-state index contributed by atoms with van der Waals surface area (Å²) in [5.74, 6) is 0.930. The molecule has 0 saturated heterocycles. The number of anilines is 2. The Hall–Kier alpha value is -2.54. The second kappa shape index (κ2) is 6.64. The van der Waals surface area contributed by atoms with E-state index in [0.717, 1.165) is 41.8 Å². The van der Waals surface area contributed by atoms with Gasteiger partial charge in [-0.05, 0) is 53.9 Å². The van der Waals surface area contributed by atoms with E-state index in [0.29, 0.717) is 17.3 Å². The summed E-state index contributed by atoms with van der Waals surface area (Å²) in [5.41, 5.74) is 12.3. The van der Waals surface area contributed by atoms with Crippen LogP contribution in [-0.2, 0) is 12.8 Å². The zero-order valence-corrected chi connectivity index (χ0v) is 16.4. The highest BCUT2D eigenvalue weighted by atomic mass is 15.1. The highest BCUT2D eigenvalue weighted by Gasteiger charge is 2.32. The Labute approximate surface area is 156 Å². The molecule has 1 aliphatic carbocycles. The van der Waals surface area contributed by atoms with Gasteiger partial charge in [-0.25, -0.2) is 4.98 Å². The molecule has 1 heterocycles. The van der Waals surface area contributed by atoms with Crippen LogP contribution in [0.15, 0.2) is 24.3 Å². The predicted octanol–water partition coefficient (Wildman–Crippen LogP) is 4.42. The Morgan fingerprint density at radius 1 is 1.19 bits per heavy atom. The molecule has 0 fully saturated rings. The first kappa shape index (κ1) is 18.3. The van der Waals surface area contributed by atoms with Crippen LogP contribution in [0.3, 0.4) is 0 Å². The zero-order chi connectivity index (χ0) is 19.1. The summed E-state index contributed by atoms with van der Waals surface area (Å²) >= 11 is 0. The minimum absolute atomic E-state index is 0.234. The second-order valence-corrected chi connectivity index (χ2v) is 8.53. The number of pyridine rings is 1. The molecule has 1 aromatic carbocycles. The van der Waals surface area contributed by atoms with E-state index in [1.165, 1.54) is 5.56 Å². The third-order valence-corrected chi connectivity index (χ3v) is 5.60. The fraction of sp³-hybridized carbons (Fsp3) is 0.455. The van der Waals surface area contributed by atoms with E-state index in [4.69, 9.17) is 5.73 Å². The first-order valence-electron chi connectivity index (χ1n) is 9.21. The number of aryl methyl sites for hydroxylation is 1. The highest BCUT2D eigenvalue weighted by molar-refractivity contribution is 5.80. The zero-order valence-electron chi connectivity index (χ0n) is 16.4. The molecule has 4 nitrogen and oxygen atoms in total. The van der Waals surface area contributed by atoms with Gasteiger partial charge in [-0.1, -0.05) is 32.9 Å². The molecule has 0 radical (unpaired) electrons. The van der Waals surface area contributed by atoms with Crippen molar-refractivity contribution < 1.29 is 0 Å². The van der Waals surface area contributed by atoms with Crippen LogP contribution in [0, 0.1) is 22.7 Å². The molecule has 0 spiro atoms. The molecule has 3 rings (SSSR count). The molecule has 0 aliphatic heterocycles. The van der Waals surface area contributed by atoms with Crippen molar-refractivity contribution in [2.24, 2.45) is 11.3 Å². The number of benzene rings is 1. The lowest BCUT2D eigenvalue weighted by molar-refractivity contribution is 0.215. The molecule has 1 aliphatic rings. The van der Waals surface area contributed by atoms with Gasteiger partial charge in [-0.15, -0.1) is 0 Å². The topological polar surface area (TPSA) is 65.9 Å². The van der Waals surface area contributed by atoms with Crippen LogP contribution < -0.4 is 10.6 Å². The van der Waals surface area contributed by atoms with Crippen molar-refractivity contribution in [3.63, 3.8) is 0 Å². The van der Waals surface area contributed by atoms with Crippen molar-refractivity contribution in [1.29, 1.82) is 5.26 Å². The molecule has 0 saturated carbocycles. The number of rotatable bonds is 2. The number of fused-ring (bicyclic) bond motifs is 1. The van der Waals surface area contributed by atoms with Crippen molar-refractivity contribution >= 4 is 11.5 Å². The number of nitrogens with zero attached hydrogens (tertiary/aromatic N) is 3. The van der Waals surface area contributed by atoms with Crippen molar-refractivity contribution in [2.75, 3.05) is 24.7 Å². The monoisotopic (exact) mass is 348 g/mol. The number of nitrogens with two attached hydrogens (primary N) is 1. The normalized spacial score (nSPS) is 16.7. The van der Waals surface area contributed by atoms with Gasteiger partial charge in [0.05, 0.1) is 0 Å². The van der Waals surface area contributed by atoms with Crippen LogP contribution in [0.25, 0.3) is 11.1 Å². The average molecular weight is 348 g/mol. The summed E-state index contributed by atoms with van der Waals surface area (Å²) in [6.45, 7) is 6.89. The van der Waals surface area contributed by atoms with E-state index < -0.39 is 0 Å². The average Bonchev–Trinajstić information content (AvgIpc) is 2.59. The molecule has 1 atom stereocenters. The molecule has 0 bridgehead atoms. The second-order valence-electron chi connectivity index (χ2n) is 8.53. The fourth-order valence-electron chi connectivity index (χ4n) is 3.88. The first-order chi connectivity index (χ1) is 12.2. The largest absolute Gasteiger partial charge is 0.383 e. The first-order valence-corrected chi connectivity index (χ1v) is 9.21. The van der Waals surface area contributed by atoms with Gasteiger partial charge in [0, 0.05) is 31.0 Å². The van der Waals surface area contributed by atoms with Crippen molar-refractivity contribution in [1.82, 2.24) is 4.98 Å². The SMILES string of the molecule is CN(C)c1ccc(-c2c(C#N)c(N)nc3c2CC(C(C)(C)C)CC3)cc1. The summed E-state index contributed by atoms with van der Waals surface area (Å²) < 4.78 is 0. The van der Waals surface area contributed by atoms with Crippen LogP contribution in [0.2, 0.25) is 0 Å². The molecular formula is C22H28N4. The Balaban J connectivity index is 2.17. The quantitative estimate of drug-likeness (QED) is 0.872.